The molecule has 14 heteroatoms. The highest BCUT2D eigenvalue weighted by Crippen LogP contribution is 2.09. The molecule has 0 saturated heterocycles. The number of carboxylic acids is 3. The zero-order valence-corrected chi connectivity index (χ0v) is 21.0. The van der Waals surface area contributed by atoms with Crippen molar-refractivity contribution in [2.24, 2.45) is 5.92 Å². The summed E-state index contributed by atoms with van der Waals surface area (Å²) in [6.07, 6.45) is -1.78. The molecular weight excluding hydrogens is 480 g/mol. The zero-order valence-electron chi connectivity index (χ0n) is 21.0. The molecule has 4 atom stereocenters. The van der Waals surface area contributed by atoms with Gasteiger partial charge in [-0.1, -0.05) is 26.7 Å². The molecule has 0 aromatic heterocycles. The lowest BCUT2D eigenvalue weighted by molar-refractivity contribution is -0.145. The standard InChI is InChI=1S/C22H38N4O10/c1-12(2)7-5-6-8-26(4)22(36)16(11-19(32)33)25-21(35)15(10-18(30)31)24-20(34)14(9-17(28)29)23-13(3)27/h12,14-16,20,24,34H,5-11H2,1-4H3,(H,23,27)(H,25,35)(H,28,29)(H,30,31)(H,32,33). The molecule has 0 radical (unpaired) electrons. The Morgan fingerprint density at radius 2 is 1.33 bits per heavy atom. The van der Waals surface area contributed by atoms with Crippen LogP contribution < -0.4 is 16.0 Å². The van der Waals surface area contributed by atoms with E-state index < -0.39 is 79.2 Å². The average Bonchev–Trinajstić information content (AvgIpc) is 2.73. The van der Waals surface area contributed by atoms with E-state index in [0.29, 0.717) is 18.9 Å². The second kappa shape index (κ2) is 16.4. The number of carbonyl (C=O) groups is 6. The Labute approximate surface area is 209 Å². The van der Waals surface area contributed by atoms with Gasteiger partial charge in [0.05, 0.1) is 31.3 Å². The minimum atomic E-state index is -1.85. The molecule has 7 N–H and O–H groups in total. The monoisotopic (exact) mass is 518 g/mol. The van der Waals surface area contributed by atoms with Crippen LogP contribution in [0.15, 0.2) is 0 Å². The first kappa shape index (κ1) is 32.7. The highest BCUT2D eigenvalue weighted by molar-refractivity contribution is 5.93. The number of unbranched alkanes of at least 4 members (excludes halogenated alkanes) is 1. The Hall–Kier alpha value is -3.26. The third kappa shape index (κ3) is 14.2. The van der Waals surface area contributed by atoms with E-state index in [1.54, 1.807) is 0 Å². The highest BCUT2D eigenvalue weighted by atomic mass is 16.4. The molecule has 0 aliphatic heterocycles. The second-order valence-corrected chi connectivity index (χ2v) is 8.98. The second-order valence-electron chi connectivity index (χ2n) is 8.98. The van der Waals surface area contributed by atoms with Gasteiger partial charge < -0.3 is 36.0 Å². The van der Waals surface area contributed by atoms with Crippen molar-refractivity contribution in [3.63, 3.8) is 0 Å². The van der Waals surface area contributed by atoms with Crippen LogP contribution in [0.4, 0.5) is 0 Å². The maximum atomic E-state index is 12.8. The third-order valence-corrected chi connectivity index (χ3v) is 5.13. The lowest BCUT2D eigenvalue weighted by Crippen LogP contribution is -2.59. The van der Waals surface area contributed by atoms with Gasteiger partial charge in [-0.05, 0) is 12.3 Å². The van der Waals surface area contributed by atoms with Gasteiger partial charge in [-0.2, -0.15) is 0 Å². The lowest BCUT2D eigenvalue weighted by Gasteiger charge is -2.29. The number of hydrogen-bond donors (Lipinski definition) is 7. The molecule has 14 nitrogen and oxygen atoms in total. The lowest BCUT2D eigenvalue weighted by atomic mass is 10.1. The Morgan fingerprint density at radius 1 is 0.806 bits per heavy atom. The normalized spacial score (nSPS) is 14.3. The van der Waals surface area contributed by atoms with E-state index in [1.165, 1.54) is 11.9 Å². The zero-order chi connectivity index (χ0) is 28.0. The maximum absolute atomic E-state index is 12.8. The van der Waals surface area contributed by atoms with Crippen molar-refractivity contribution in [3.8, 4) is 0 Å². The number of amides is 3. The van der Waals surface area contributed by atoms with Crippen molar-refractivity contribution in [3.05, 3.63) is 0 Å². The Balaban J connectivity index is 5.52. The summed E-state index contributed by atoms with van der Waals surface area (Å²) in [7, 11) is 1.46. The van der Waals surface area contributed by atoms with Gasteiger partial charge in [-0.3, -0.25) is 34.1 Å². The van der Waals surface area contributed by atoms with Crippen molar-refractivity contribution in [1.29, 1.82) is 0 Å². The van der Waals surface area contributed by atoms with Crippen LogP contribution in [0, 0.1) is 5.92 Å². The van der Waals surface area contributed by atoms with Crippen molar-refractivity contribution >= 4 is 35.6 Å². The summed E-state index contributed by atoms with van der Waals surface area (Å²) >= 11 is 0. The van der Waals surface area contributed by atoms with E-state index in [2.05, 4.69) is 29.8 Å². The summed E-state index contributed by atoms with van der Waals surface area (Å²) in [5.74, 6) is -6.19. The highest BCUT2D eigenvalue weighted by Gasteiger charge is 2.33. The van der Waals surface area contributed by atoms with Crippen molar-refractivity contribution < 1.29 is 49.2 Å². The van der Waals surface area contributed by atoms with E-state index in [9.17, 15) is 44.1 Å². The number of aliphatic hydroxyl groups is 1. The molecule has 0 spiro atoms. The molecule has 0 aromatic rings. The molecule has 0 bridgehead atoms. The molecule has 3 amide bonds. The van der Waals surface area contributed by atoms with Gasteiger partial charge in [0.15, 0.2) is 0 Å². The van der Waals surface area contributed by atoms with Crippen molar-refractivity contribution in [2.75, 3.05) is 13.6 Å². The Bertz CT molecular complexity index is 773. The van der Waals surface area contributed by atoms with Crippen LogP contribution in [0.2, 0.25) is 0 Å². The van der Waals surface area contributed by atoms with E-state index in [-0.39, 0.29) is 0 Å². The van der Waals surface area contributed by atoms with Crippen LogP contribution in [-0.2, 0) is 28.8 Å². The first-order valence-electron chi connectivity index (χ1n) is 11.6. The van der Waals surface area contributed by atoms with Gasteiger partial charge in [0.2, 0.25) is 17.7 Å². The van der Waals surface area contributed by atoms with Gasteiger partial charge in [-0.15, -0.1) is 0 Å². The number of aliphatic hydroxyl groups excluding tert-OH is 1. The van der Waals surface area contributed by atoms with Gasteiger partial charge in [0.1, 0.15) is 12.3 Å². The fourth-order valence-electron chi connectivity index (χ4n) is 3.34. The van der Waals surface area contributed by atoms with Crippen molar-refractivity contribution in [2.45, 2.75) is 83.6 Å². The molecule has 0 heterocycles. The fraction of sp³-hybridized carbons (Fsp3) is 0.727. The minimum Gasteiger partial charge on any atom is -0.481 e. The molecule has 36 heavy (non-hydrogen) atoms. The summed E-state index contributed by atoms with van der Waals surface area (Å²) < 4.78 is 0. The van der Waals surface area contributed by atoms with Gasteiger partial charge in [-0.25, -0.2) is 0 Å². The number of nitrogens with one attached hydrogen (secondary N) is 3. The van der Waals surface area contributed by atoms with E-state index in [1.807, 2.05) is 0 Å². The van der Waals surface area contributed by atoms with Gasteiger partial charge >= 0.3 is 17.9 Å². The van der Waals surface area contributed by atoms with Crippen LogP contribution in [-0.4, -0.2) is 98.9 Å². The first-order chi connectivity index (χ1) is 16.6. The summed E-state index contributed by atoms with van der Waals surface area (Å²) in [4.78, 5) is 71.9. The maximum Gasteiger partial charge on any atom is 0.305 e. The summed E-state index contributed by atoms with van der Waals surface area (Å²) in [5.41, 5.74) is 0. The Morgan fingerprint density at radius 3 is 1.81 bits per heavy atom. The van der Waals surface area contributed by atoms with Gasteiger partial charge in [0, 0.05) is 20.5 Å². The van der Waals surface area contributed by atoms with Crippen molar-refractivity contribution in [1.82, 2.24) is 20.9 Å². The number of likely N-dealkylation sites (N-methyl/N-ethyl adjacent to an activating group) is 1. The van der Waals surface area contributed by atoms with Crippen LogP contribution >= 0.6 is 0 Å². The molecular formula is C22H38N4O10. The number of rotatable bonds is 18. The van der Waals surface area contributed by atoms with E-state index in [4.69, 9.17) is 5.11 Å². The van der Waals surface area contributed by atoms with Crippen LogP contribution in [0.3, 0.4) is 0 Å². The number of carbonyl (C=O) groups excluding carboxylic acids is 3. The molecule has 4 unspecified atom stereocenters. The predicted octanol–water partition coefficient (Wildman–Crippen LogP) is -1.04. The number of nitrogens with zero attached hydrogens (tertiary/aromatic N) is 1. The number of hydrogen-bond acceptors (Lipinski definition) is 8. The SMILES string of the molecule is CC(=O)NC(CC(=O)O)C(O)NC(CC(=O)O)C(=O)NC(CC(=O)O)C(=O)N(C)CCCCC(C)C. The van der Waals surface area contributed by atoms with Gasteiger partial charge in [0.25, 0.3) is 0 Å². The molecule has 0 aliphatic rings. The summed E-state index contributed by atoms with van der Waals surface area (Å²) in [5, 5.41) is 44.4. The number of carboxylic acid groups (broad SMARTS) is 3. The summed E-state index contributed by atoms with van der Waals surface area (Å²) in [6, 6.07) is -4.59. The first-order valence-corrected chi connectivity index (χ1v) is 11.6. The smallest absolute Gasteiger partial charge is 0.305 e. The molecule has 0 rings (SSSR count). The molecule has 0 fully saturated rings. The predicted molar refractivity (Wildman–Crippen MR) is 126 cm³/mol. The average molecular weight is 519 g/mol. The Kier molecular flexibility index (Phi) is 14.9. The fourth-order valence-corrected chi connectivity index (χ4v) is 3.34. The number of aliphatic carboxylic acids is 3. The largest absolute Gasteiger partial charge is 0.481 e. The molecule has 0 saturated carbocycles. The van der Waals surface area contributed by atoms with Crippen LogP contribution in [0.25, 0.3) is 0 Å². The van der Waals surface area contributed by atoms with Crippen LogP contribution in [0.1, 0.15) is 59.3 Å². The van der Waals surface area contributed by atoms with Crippen LogP contribution in [0.5, 0.6) is 0 Å². The van der Waals surface area contributed by atoms with E-state index >= 15 is 0 Å². The molecule has 0 aromatic carbocycles. The summed E-state index contributed by atoms with van der Waals surface area (Å²) in [6.45, 7) is 5.52. The molecule has 0 aliphatic carbocycles. The minimum absolute atomic E-state index is 0.320. The molecule has 206 valence electrons. The topological polar surface area (TPSA) is 223 Å². The van der Waals surface area contributed by atoms with E-state index in [0.717, 1.165) is 19.8 Å². The quantitative estimate of drug-likeness (QED) is 0.0857. The third-order valence-electron chi connectivity index (χ3n) is 5.13.